The van der Waals surface area contributed by atoms with Crippen molar-refractivity contribution in [1.82, 2.24) is 4.31 Å². The molecule has 2 rings (SSSR count). The second-order valence-corrected chi connectivity index (χ2v) is 6.83. The van der Waals surface area contributed by atoms with E-state index in [0.29, 0.717) is 36.8 Å². The van der Waals surface area contributed by atoms with E-state index < -0.39 is 10.0 Å². The zero-order valence-corrected chi connectivity index (χ0v) is 12.8. The fourth-order valence-corrected chi connectivity index (χ4v) is 4.51. The molecule has 2 N–H and O–H groups in total. The molecule has 1 aromatic rings. The number of nitrogens with zero attached hydrogens (tertiary/aromatic N) is 1. The summed E-state index contributed by atoms with van der Waals surface area (Å²) in [7, 11) is -3.52. The Morgan fingerprint density at radius 3 is 2.80 bits per heavy atom. The molecule has 1 fully saturated rings. The molecule has 0 aromatic heterocycles. The van der Waals surface area contributed by atoms with Crippen molar-refractivity contribution in [2.24, 2.45) is 0 Å². The van der Waals surface area contributed by atoms with E-state index >= 15 is 0 Å². The summed E-state index contributed by atoms with van der Waals surface area (Å²) in [6.45, 7) is 5.22. The summed E-state index contributed by atoms with van der Waals surface area (Å²) in [5.74, 6) is 0. The molecule has 0 aliphatic carbocycles. The maximum atomic E-state index is 12.9. The number of sulfonamides is 1. The normalized spacial score (nSPS) is 21.0. The van der Waals surface area contributed by atoms with Crippen LogP contribution < -0.4 is 5.73 Å². The van der Waals surface area contributed by atoms with Crippen LogP contribution in [-0.4, -0.2) is 38.5 Å². The first kappa shape index (κ1) is 15.3. The molecule has 1 aromatic carbocycles. The van der Waals surface area contributed by atoms with Gasteiger partial charge in [-0.3, -0.25) is 0 Å². The van der Waals surface area contributed by atoms with E-state index in [2.05, 4.69) is 0 Å². The highest BCUT2D eigenvalue weighted by Gasteiger charge is 2.34. The Morgan fingerprint density at radius 1 is 1.40 bits per heavy atom. The lowest BCUT2D eigenvalue weighted by Gasteiger charge is -2.34. The molecule has 0 amide bonds. The van der Waals surface area contributed by atoms with Crippen molar-refractivity contribution in [3.63, 3.8) is 0 Å². The van der Waals surface area contributed by atoms with Crippen LogP contribution in [0.25, 0.3) is 0 Å². The molecule has 1 aliphatic heterocycles. The first-order valence-corrected chi connectivity index (χ1v) is 8.42. The Bertz CT molecular complexity index is 572. The fourth-order valence-electron chi connectivity index (χ4n) is 2.51. The van der Waals surface area contributed by atoms with Gasteiger partial charge in [-0.05, 0) is 30.5 Å². The van der Waals surface area contributed by atoms with Gasteiger partial charge in [0.25, 0.3) is 0 Å². The molecule has 1 heterocycles. The van der Waals surface area contributed by atoms with Crippen LogP contribution in [0.1, 0.15) is 25.8 Å². The molecule has 1 atom stereocenters. The Morgan fingerprint density at radius 2 is 2.15 bits per heavy atom. The van der Waals surface area contributed by atoms with Crippen molar-refractivity contribution in [2.75, 3.05) is 25.5 Å². The van der Waals surface area contributed by atoms with Crippen molar-refractivity contribution >= 4 is 15.7 Å². The Labute approximate surface area is 120 Å². The average Bonchev–Trinajstić information content (AvgIpc) is 2.47. The summed E-state index contributed by atoms with van der Waals surface area (Å²) in [6.07, 6.45) is 1.40. The van der Waals surface area contributed by atoms with Gasteiger partial charge in [0, 0.05) is 18.3 Å². The molecule has 0 bridgehead atoms. The van der Waals surface area contributed by atoms with E-state index in [4.69, 9.17) is 10.5 Å². The van der Waals surface area contributed by atoms with E-state index in [1.807, 2.05) is 13.8 Å². The van der Waals surface area contributed by atoms with E-state index in [0.717, 1.165) is 12.0 Å². The summed E-state index contributed by atoms with van der Waals surface area (Å²) in [4.78, 5) is 0.334. The first-order chi connectivity index (χ1) is 9.50. The Kier molecular flexibility index (Phi) is 4.67. The number of hydrogen-bond donors (Lipinski definition) is 1. The van der Waals surface area contributed by atoms with Crippen LogP contribution in [0.3, 0.4) is 0 Å². The summed E-state index contributed by atoms with van der Waals surface area (Å²) in [6, 6.07) is 5.01. The summed E-state index contributed by atoms with van der Waals surface area (Å²) >= 11 is 0. The molecule has 1 aliphatic rings. The quantitative estimate of drug-likeness (QED) is 0.858. The molecule has 1 saturated heterocycles. The van der Waals surface area contributed by atoms with Crippen LogP contribution in [0.15, 0.2) is 23.1 Å². The monoisotopic (exact) mass is 298 g/mol. The van der Waals surface area contributed by atoms with Crippen LogP contribution >= 0.6 is 0 Å². The minimum atomic E-state index is -3.52. The molecule has 6 heteroatoms. The number of benzene rings is 1. The Hall–Kier alpha value is -1.11. The van der Waals surface area contributed by atoms with Gasteiger partial charge in [0.05, 0.1) is 18.1 Å². The molecule has 0 spiro atoms. The number of rotatable bonds is 4. The van der Waals surface area contributed by atoms with Gasteiger partial charge in [-0.25, -0.2) is 8.42 Å². The van der Waals surface area contributed by atoms with Crippen molar-refractivity contribution in [3.05, 3.63) is 23.8 Å². The molecule has 20 heavy (non-hydrogen) atoms. The molecular weight excluding hydrogens is 276 g/mol. The van der Waals surface area contributed by atoms with Crippen LogP contribution in [0, 0.1) is 0 Å². The summed E-state index contributed by atoms with van der Waals surface area (Å²) < 4.78 is 32.8. The summed E-state index contributed by atoms with van der Waals surface area (Å²) in [5.41, 5.74) is 7.05. The number of nitrogens with two attached hydrogens (primary N) is 1. The predicted octanol–water partition coefficient (Wildman–Crippen LogP) is 1.63. The third-order valence-corrected chi connectivity index (χ3v) is 5.74. The Balaban J connectivity index is 2.46. The topological polar surface area (TPSA) is 72.6 Å². The highest BCUT2D eigenvalue weighted by molar-refractivity contribution is 7.89. The van der Waals surface area contributed by atoms with Gasteiger partial charge >= 0.3 is 0 Å². The second kappa shape index (κ2) is 6.11. The lowest BCUT2D eigenvalue weighted by atomic mass is 10.1. The molecular formula is C14H22N2O3S. The summed E-state index contributed by atoms with van der Waals surface area (Å²) in [5, 5.41) is 0. The second-order valence-electron chi connectivity index (χ2n) is 4.97. The van der Waals surface area contributed by atoms with Gasteiger partial charge in [0.1, 0.15) is 0 Å². The van der Waals surface area contributed by atoms with Gasteiger partial charge in [-0.1, -0.05) is 19.9 Å². The number of hydrogen-bond acceptors (Lipinski definition) is 4. The van der Waals surface area contributed by atoms with Gasteiger partial charge < -0.3 is 10.5 Å². The zero-order chi connectivity index (χ0) is 14.8. The fraction of sp³-hybridized carbons (Fsp3) is 0.571. The largest absolute Gasteiger partial charge is 0.399 e. The van der Waals surface area contributed by atoms with Crippen molar-refractivity contribution in [2.45, 2.75) is 37.6 Å². The number of anilines is 1. The van der Waals surface area contributed by atoms with Crippen LogP contribution in [0.4, 0.5) is 5.69 Å². The van der Waals surface area contributed by atoms with E-state index in [9.17, 15) is 8.42 Å². The first-order valence-electron chi connectivity index (χ1n) is 6.98. The minimum absolute atomic E-state index is 0.0973. The minimum Gasteiger partial charge on any atom is -0.399 e. The lowest BCUT2D eigenvalue weighted by molar-refractivity contribution is 0.0314. The van der Waals surface area contributed by atoms with Gasteiger partial charge in [0.15, 0.2) is 0 Å². The van der Waals surface area contributed by atoms with Gasteiger partial charge in [-0.15, -0.1) is 0 Å². The third-order valence-electron chi connectivity index (χ3n) is 3.70. The van der Waals surface area contributed by atoms with Crippen molar-refractivity contribution in [1.29, 1.82) is 0 Å². The highest BCUT2D eigenvalue weighted by atomic mass is 32.2. The van der Waals surface area contributed by atoms with Crippen LogP contribution in [-0.2, 0) is 21.2 Å². The lowest BCUT2D eigenvalue weighted by Crippen LogP contribution is -2.48. The number of aryl methyl sites for hydroxylation is 1. The average molecular weight is 298 g/mol. The van der Waals surface area contributed by atoms with Crippen LogP contribution in [0.2, 0.25) is 0 Å². The number of morpholine rings is 1. The van der Waals surface area contributed by atoms with E-state index in [-0.39, 0.29) is 6.04 Å². The van der Waals surface area contributed by atoms with Crippen LogP contribution in [0.5, 0.6) is 0 Å². The van der Waals surface area contributed by atoms with Gasteiger partial charge in [-0.2, -0.15) is 4.31 Å². The number of ether oxygens (including phenoxy) is 1. The standard InChI is InChI=1S/C14H22N2O3S/c1-3-11-5-6-12(15)9-14(11)20(17,18)16-7-8-19-10-13(16)4-2/h5-6,9,13H,3-4,7-8,10,15H2,1-2H3. The smallest absolute Gasteiger partial charge is 0.243 e. The molecule has 5 nitrogen and oxygen atoms in total. The number of nitrogen functional groups attached to an aromatic ring is 1. The maximum Gasteiger partial charge on any atom is 0.243 e. The van der Waals surface area contributed by atoms with E-state index in [1.165, 1.54) is 0 Å². The molecule has 0 radical (unpaired) electrons. The maximum absolute atomic E-state index is 12.9. The van der Waals surface area contributed by atoms with Gasteiger partial charge in [0.2, 0.25) is 10.0 Å². The zero-order valence-electron chi connectivity index (χ0n) is 12.0. The van der Waals surface area contributed by atoms with Crippen molar-refractivity contribution < 1.29 is 13.2 Å². The SMILES string of the molecule is CCc1ccc(N)cc1S(=O)(=O)N1CCOCC1CC. The predicted molar refractivity (Wildman–Crippen MR) is 79.0 cm³/mol. The van der Waals surface area contributed by atoms with E-state index in [1.54, 1.807) is 22.5 Å². The highest BCUT2D eigenvalue weighted by Crippen LogP contribution is 2.26. The van der Waals surface area contributed by atoms with Crippen molar-refractivity contribution in [3.8, 4) is 0 Å². The molecule has 112 valence electrons. The third kappa shape index (κ3) is 2.82. The molecule has 1 unspecified atom stereocenters. The molecule has 0 saturated carbocycles.